The van der Waals surface area contributed by atoms with Gasteiger partial charge in [0.25, 0.3) is 0 Å². The molecule has 0 radical (unpaired) electrons. The lowest BCUT2D eigenvalue weighted by atomic mass is 9.82. The Morgan fingerprint density at radius 1 is 0.812 bits per heavy atom. The van der Waals surface area contributed by atoms with Gasteiger partial charge in [-0.1, -0.05) is 77.8 Å². The summed E-state index contributed by atoms with van der Waals surface area (Å²) in [4.78, 5) is 32.2. The molecule has 1 aliphatic heterocycles. The number of nitrogens with zero attached hydrogens (tertiary/aromatic N) is 2. The molecule has 1 aliphatic carbocycles. The molecule has 0 spiro atoms. The number of fused-ring (bicyclic) bond motifs is 1. The fourth-order valence-corrected chi connectivity index (χ4v) is 5.32. The van der Waals surface area contributed by atoms with E-state index in [1.807, 2.05) is 61.5 Å². The van der Waals surface area contributed by atoms with Gasteiger partial charge in [-0.2, -0.15) is 0 Å². The molecule has 0 bridgehead atoms. The van der Waals surface area contributed by atoms with Crippen LogP contribution in [0, 0.1) is 6.92 Å². The summed E-state index contributed by atoms with van der Waals surface area (Å²) in [6.07, 6.45) is 0. The number of hydrogen-bond donors (Lipinski definition) is 0. The highest BCUT2D eigenvalue weighted by molar-refractivity contribution is 6.33. The van der Waals surface area contributed by atoms with E-state index in [0.717, 1.165) is 35.8 Å². The van der Waals surface area contributed by atoms with Gasteiger partial charge in [0.2, 0.25) is 0 Å². The third-order valence-corrected chi connectivity index (χ3v) is 6.89. The minimum Gasteiger partial charge on any atom is -0.297 e. The van der Waals surface area contributed by atoms with Crippen molar-refractivity contribution in [1.82, 2.24) is 9.80 Å². The van der Waals surface area contributed by atoms with E-state index in [0.29, 0.717) is 24.2 Å². The first-order valence-electron chi connectivity index (χ1n) is 11.0. The molecular weight excluding hydrogens is 420 g/mol. The third kappa shape index (κ3) is 3.39. The Morgan fingerprint density at radius 3 is 2.09 bits per heavy atom. The van der Waals surface area contributed by atoms with Gasteiger partial charge < -0.3 is 0 Å². The summed E-state index contributed by atoms with van der Waals surface area (Å²) in [5.41, 5.74) is 2.75. The van der Waals surface area contributed by atoms with Crippen molar-refractivity contribution in [1.29, 1.82) is 0 Å². The first-order chi connectivity index (χ1) is 15.5. The lowest BCUT2D eigenvalue weighted by molar-refractivity contribution is 0.0279. The van der Waals surface area contributed by atoms with Crippen LogP contribution in [0.2, 0.25) is 5.02 Å². The molecule has 162 valence electrons. The van der Waals surface area contributed by atoms with E-state index in [2.05, 4.69) is 15.9 Å². The molecule has 5 rings (SSSR count). The van der Waals surface area contributed by atoms with Crippen molar-refractivity contribution >= 4 is 23.2 Å². The smallest absolute Gasteiger partial charge is 0.196 e. The van der Waals surface area contributed by atoms with Gasteiger partial charge in [0, 0.05) is 48.9 Å². The van der Waals surface area contributed by atoms with E-state index in [9.17, 15) is 9.59 Å². The Kier molecular flexibility index (Phi) is 5.46. The second-order valence-corrected chi connectivity index (χ2v) is 9.11. The highest BCUT2D eigenvalue weighted by atomic mass is 35.5. The van der Waals surface area contributed by atoms with E-state index in [4.69, 9.17) is 11.6 Å². The number of hydrogen-bond acceptors (Lipinski definition) is 4. The topological polar surface area (TPSA) is 40.6 Å². The maximum Gasteiger partial charge on any atom is 0.196 e. The standard InChI is InChI=1S/C27H25ClN2O2/c1-19-6-4-8-21(16-19)27(25(31)23-10-2-3-11-24(23)26(27)32)30-14-12-29(13-15-30)18-20-7-5-9-22(28)17-20/h2-11,16-17H,12-15,18H2,1H3. The second-order valence-electron chi connectivity index (χ2n) is 8.68. The molecule has 2 aliphatic rings. The minimum absolute atomic E-state index is 0.105. The molecule has 0 N–H and O–H groups in total. The SMILES string of the molecule is Cc1cccc(C2(N3CCN(Cc4cccc(Cl)c4)CC3)C(=O)c3ccccc3C2=O)c1. The van der Waals surface area contributed by atoms with E-state index in [1.165, 1.54) is 5.56 Å². The van der Waals surface area contributed by atoms with Crippen molar-refractivity contribution in [2.24, 2.45) is 0 Å². The molecule has 0 saturated carbocycles. The average Bonchev–Trinajstić information content (AvgIpc) is 3.02. The highest BCUT2D eigenvalue weighted by Gasteiger charge is 2.58. The molecule has 0 amide bonds. The van der Waals surface area contributed by atoms with Gasteiger partial charge in [0.15, 0.2) is 17.1 Å². The lowest BCUT2D eigenvalue weighted by Gasteiger charge is -2.44. The van der Waals surface area contributed by atoms with Crippen LogP contribution >= 0.6 is 11.6 Å². The normalized spacial score (nSPS) is 18.7. The van der Waals surface area contributed by atoms with E-state index < -0.39 is 5.54 Å². The monoisotopic (exact) mass is 444 g/mol. The summed E-state index contributed by atoms with van der Waals surface area (Å²) in [5, 5.41) is 0.736. The molecule has 1 fully saturated rings. The first kappa shape index (κ1) is 21.1. The number of carbonyl (C=O) groups is 2. The van der Waals surface area contributed by atoms with Gasteiger partial charge in [-0.15, -0.1) is 0 Å². The van der Waals surface area contributed by atoms with Crippen LogP contribution in [0.3, 0.4) is 0 Å². The van der Waals surface area contributed by atoms with E-state index in [1.54, 1.807) is 12.1 Å². The zero-order valence-electron chi connectivity index (χ0n) is 18.1. The predicted octanol–water partition coefficient (Wildman–Crippen LogP) is 4.74. The van der Waals surface area contributed by atoms with E-state index >= 15 is 0 Å². The molecule has 3 aromatic carbocycles. The zero-order chi connectivity index (χ0) is 22.3. The van der Waals surface area contributed by atoms with Crippen LogP contribution in [0.15, 0.2) is 72.8 Å². The van der Waals surface area contributed by atoms with Gasteiger partial charge in [0.05, 0.1) is 0 Å². The number of rotatable bonds is 4. The van der Waals surface area contributed by atoms with Crippen LogP contribution < -0.4 is 0 Å². The molecule has 1 heterocycles. The van der Waals surface area contributed by atoms with Crippen LogP contribution in [0.5, 0.6) is 0 Å². The largest absolute Gasteiger partial charge is 0.297 e. The number of benzene rings is 3. The Balaban J connectivity index is 1.47. The summed E-state index contributed by atoms with van der Waals surface area (Å²) >= 11 is 6.15. The molecule has 1 saturated heterocycles. The lowest BCUT2D eigenvalue weighted by Crippen LogP contribution is -2.60. The van der Waals surface area contributed by atoms with Gasteiger partial charge >= 0.3 is 0 Å². The van der Waals surface area contributed by atoms with Gasteiger partial charge in [0.1, 0.15) is 0 Å². The van der Waals surface area contributed by atoms with Crippen LogP contribution in [0.25, 0.3) is 0 Å². The summed E-state index contributed by atoms with van der Waals surface area (Å²) in [7, 11) is 0. The zero-order valence-corrected chi connectivity index (χ0v) is 18.8. The Hall–Kier alpha value is -2.79. The predicted molar refractivity (Wildman–Crippen MR) is 126 cm³/mol. The fraction of sp³-hybridized carbons (Fsp3) is 0.259. The summed E-state index contributed by atoms with van der Waals surface area (Å²) in [5.74, 6) is -0.209. The van der Waals surface area contributed by atoms with E-state index in [-0.39, 0.29) is 11.6 Å². The fourth-order valence-electron chi connectivity index (χ4n) is 5.11. The molecule has 32 heavy (non-hydrogen) atoms. The average molecular weight is 445 g/mol. The summed E-state index contributed by atoms with van der Waals surface area (Å²) in [6.45, 7) is 5.62. The Bertz CT molecular complexity index is 1160. The molecule has 3 aromatic rings. The van der Waals surface area contributed by atoms with Crippen LogP contribution in [-0.2, 0) is 12.1 Å². The van der Waals surface area contributed by atoms with Crippen LogP contribution in [-0.4, -0.2) is 47.5 Å². The van der Waals surface area contributed by atoms with Crippen molar-refractivity contribution < 1.29 is 9.59 Å². The Morgan fingerprint density at radius 2 is 1.47 bits per heavy atom. The van der Waals surface area contributed by atoms with Gasteiger partial charge in [-0.3, -0.25) is 19.4 Å². The number of aryl methyl sites for hydroxylation is 1. The molecular formula is C27H25ClN2O2. The number of halogens is 1. The van der Waals surface area contributed by atoms with Crippen molar-refractivity contribution in [3.8, 4) is 0 Å². The molecule has 4 nitrogen and oxygen atoms in total. The number of piperazine rings is 1. The molecule has 0 unspecified atom stereocenters. The first-order valence-corrected chi connectivity index (χ1v) is 11.4. The molecule has 0 atom stereocenters. The Labute approximate surface area is 193 Å². The number of carbonyl (C=O) groups excluding carboxylic acids is 2. The second kappa shape index (κ2) is 8.28. The van der Waals surface area contributed by atoms with Gasteiger partial charge in [-0.05, 0) is 30.2 Å². The minimum atomic E-state index is -1.28. The van der Waals surface area contributed by atoms with Crippen LogP contribution in [0.1, 0.15) is 37.4 Å². The maximum atomic E-state index is 13.9. The molecule has 0 aromatic heterocycles. The van der Waals surface area contributed by atoms with Gasteiger partial charge in [-0.25, -0.2) is 0 Å². The van der Waals surface area contributed by atoms with Crippen molar-refractivity contribution in [2.75, 3.05) is 26.2 Å². The van der Waals surface area contributed by atoms with Crippen molar-refractivity contribution in [2.45, 2.75) is 19.0 Å². The molecule has 5 heteroatoms. The highest BCUT2D eigenvalue weighted by Crippen LogP contribution is 2.43. The quantitative estimate of drug-likeness (QED) is 0.545. The summed E-state index contributed by atoms with van der Waals surface area (Å²) < 4.78 is 0. The number of ketones is 2. The summed E-state index contributed by atoms with van der Waals surface area (Å²) in [6, 6.07) is 23.0. The van der Waals surface area contributed by atoms with Crippen molar-refractivity contribution in [3.05, 3.63) is 106 Å². The maximum absolute atomic E-state index is 13.9. The third-order valence-electron chi connectivity index (χ3n) is 6.65. The van der Waals surface area contributed by atoms with Crippen molar-refractivity contribution in [3.63, 3.8) is 0 Å². The number of Topliss-reactive ketones (excluding diaryl/α,β-unsaturated/α-hetero) is 2. The van der Waals surface area contributed by atoms with Crippen LogP contribution in [0.4, 0.5) is 0 Å².